The zero-order valence-electron chi connectivity index (χ0n) is 17.5. The summed E-state index contributed by atoms with van der Waals surface area (Å²) in [6, 6.07) is 24.1. The van der Waals surface area contributed by atoms with Gasteiger partial charge in [-0.25, -0.2) is 0 Å². The summed E-state index contributed by atoms with van der Waals surface area (Å²) >= 11 is 0. The molecule has 0 saturated carbocycles. The van der Waals surface area contributed by atoms with E-state index in [4.69, 9.17) is 4.74 Å². The zero-order chi connectivity index (χ0) is 19.7. The molecule has 1 aliphatic carbocycles. The predicted molar refractivity (Wildman–Crippen MR) is 122 cm³/mol. The Morgan fingerprint density at radius 2 is 1.57 bits per heavy atom. The molecule has 154 valence electrons. The van der Waals surface area contributed by atoms with Crippen molar-refractivity contribution in [3.05, 3.63) is 89.5 Å². The summed E-state index contributed by atoms with van der Waals surface area (Å²) in [5.74, 6) is 0. The molecule has 0 N–H and O–H groups in total. The van der Waals surface area contributed by atoms with Crippen LogP contribution in [0.2, 0.25) is 0 Å². The van der Waals surface area contributed by atoms with Gasteiger partial charge in [-0.05, 0) is 44.7 Å². The van der Waals surface area contributed by atoms with Crippen LogP contribution in [-0.4, -0.2) is 44.4 Å². The Kier molecular flexibility index (Phi) is 6.42. The van der Waals surface area contributed by atoms with Gasteiger partial charge < -0.3 is 33.2 Å². The van der Waals surface area contributed by atoms with Gasteiger partial charge >= 0.3 is 0 Å². The number of likely N-dealkylation sites (N-methyl/N-ethyl adjacent to an activating group) is 1. The van der Waals surface area contributed by atoms with E-state index in [-0.39, 0.29) is 24.0 Å². The molecule has 0 spiro atoms. The van der Waals surface area contributed by atoms with Crippen LogP contribution in [0.25, 0.3) is 28.0 Å². The van der Waals surface area contributed by atoms with Gasteiger partial charge in [-0.3, -0.25) is 0 Å². The molecular formula is C27H28INO. The van der Waals surface area contributed by atoms with E-state index in [1.54, 1.807) is 0 Å². The number of hydrogen-bond donors (Lipinski definition) is 0. The van der Waals surface area contributed by atoms with Crippen molar-refractivity contribution in [1.82, 2.24) is 0 Å². The minimum atomic E-state index is 0. The van der Waals surface area contributed by atoms with Gasteiger partial charge in [0.25, 0.3) is 0 Å². The molecule has 1 fully saturated rings. The first-order valence-corrected chi connectivity index (χ1v) is 10.6. The highest BCUT2D eigenvalue weighted by Crippen LogP contribution is 2.39. The second-order valence-electron chi connectivity index (χ2n) is 8.54. The number of morpholine rings is 1. The van der Waals surface area contributed by atoms with E-state index in [9.17, 15) is 0 Å². The molecule has 2 nitrogen and oxygen atoms in total. The van der Waals surface area contributed by atoms with Crippen molar-refractivity contribution >= 4 is 28.0 Å². The van der Waals surface area contributed by atoms with Gasteiger partial charge in [-0.2, -0.15) is 0 Å². The largest absolute Gasteiger partial charge is 1.00 e. The molecule has 0 radical (unpaired) electrons. The summed E-state index contributed by atoms with van der Waals surface area (Å²) in [4.78, 5) is 0. The number of nitrogens with zero attached hydrogens (tertiary/aromatic N) is 1. The van der Waals surface area contributed by atoms with Gasteiger partial charge in [0.1, 0.15) is 13.1 Å². The number of rotatable bonds is 4. The summed E-state index contributed by atoms with van der Waals surface area (Å²) in [7, 11) is 2.37. The number of halogens is 1. The van der Waals surface area contributed by atoms with E-state index in [1.807, 2.05) is 0 Å². The van der Waals surface area contributed by atoms with E-state index in [0.29, 0.717) is 0 Å². The lowest BCUT2D eigenvalue weighted by Crippen LogP contribution is -3.00. The summed E-state index contributed by atoms with van der Waals surface area (Å²) in [6.45, 7) is 5.18. The highest BCUT2D eigenvalue weighted by molar-refractivity contribution is 6.04. The van der Waals surface area contributed by atoms with Crippen molar-refractivity contribution < 1.29 is 33.2 Å². The minimum absolute atomic E-state index is 0. The summed E-state index contributed by atoms with van der Waals surface area (Å²) in [6.07, 6.45) is 5.89. The van der Waals surface area contributed by atoms with Crippen molar-refractivity contribution in [2.45, 2.75) is 6.42 Å². The van der Waals surface area contributed by atoms with E-state index < -0.39 is 0 Å². The molecule has 3 aromatic rings. The fourth-order valence-electron chi connectivity index (χ4n) is 4.63. The maximum Gasteiger partial charge on any atom is 0.102 e. The van der Waals surface area contributed by atoms with Crippen molar-refractivity contribution in [3.63, 3.8) is 0 Å². The highest BCUT2D eigenvalue weighted by Gasteiger charge is 2.27. The second-order valence-corrected chi connectivity index (χ2v) is 8.54. The zero-order valence-corrected chi connectivity index (χ0v) is 19.6. The minimum Gasteiger partial charge on any atom is -1.00 e. The Labute approximate surface area is 196 Å². The Morgan fingerprint density at radius 3 is 2.40 bits per heavy atom. The van der Waals surface area contributed by atoms with Gasteiger partial charge in [0.2, 0.25) is 0 Å². The number of hydrogen-bond acceptors (Lipinski definition) is 1. The van der Waals surface area contributed by atoms with Crippen LogP contribution in [0.15, 0.2) is 72.8 Å². The van der Waals surface area contributed by atoms with Crippen LogP contribution in [0.1, 0.15) is 23.1 Å². The van der Waals surface area contributed by atoms with Crippen molar-refractivity contribution in [3.8, 4) is 0 Å². The van der Waals surface area contributed by atoms with E-state index >= 15 is 0 Å². The molecule has 3 heteroatoms. The fourth-order valence-corrected chi connectivity index (χ4v) is 4.63. The molecule has 5 rings (SSSR count). The standard InChI is InChI=1S/C27H28NO.HI/c1-28(15-17-29-18-16-28)14-13-23-20-24(27-12-5-4-11-26(23)27)19-22-9-6-8-21-7-2-3-10-25(21)22;/h2-12,19-20H,13-18H2,1H3;1H/q+1;/p-1/b24-19+;. The first kappa shape index (κ1) is 21.3. The predicted octanol–water partition coefficient (Wildman–Crippen LogP) is 2.65. The van der Waals surface area contributed by atoms with Gasteiger partial charge in [0, 0.05) is 6.42 Å². The molecule has 1 aliphatic heterocycles. The monoisotopic (exact) mass is 509 g/mol. The van der Waals surface area contributed by atoms with Gasteiger partial charge in [-0.1, -0.05) is 72.8 Å². The maximum atomic E-state index is 5.57. The van der Waals surface area contributed by atoms with Crippen LogP contribution in [-0.2, 0) is 4.74 Å². The Morgan fingerprint density at radius 1 is 0.867 bits per heavy atom. The summed E-state index contributed by atoms with van der Waals surface area (Å²) in [5, 5.41) is 2.61. The smallest absolute Gasteiger partial charge is 0.102 e. The third kappa shape index (κ3) is 4.25. The first-order chi connectivity index (χ1) is 14.2. The molecule has 0 unspecified atom stereocenters. The average molecular weight is 509 g/mol. The highest BCUT2D eigenvalue weighted by atomic mass is 127. The molecular weight excluding hydrogens is 481 g/mol. The van der Waals surface area contributed by atoms with Crippen LogP contribution >= 0.6 is 0 Å². The van der Waals surface area contributed by atoms with Crippen LogP contribution < -0.4 is 24.0 Å². The van der Waals surface area contributed by atoms with Gasteiger partial charge in [0.05, 0.1) is 26.8 Å². The molecule has 0 aromatic heterocycles. The molecule has 0 bridgehead atoms. The number of quaternary nitrogens is 1. The third-order valence-electron chi connectivity index (χ3n) is 6.52. The van der Waals surface area contributed by atoms with Crippen LogP contribution in [0.3, 0.4) is 0 Å². The van der Waals surface area contributed by atoms with Crippen molar-refractivity contribution in [1.29, 1.82) is 0 Å². The molecule has 2 aliphatic rings. The molecule has 30 heavy (non-hydrogen) atoms. The average Bonchev–Trinajstić information content (AvgIpc) is 3.11. The lowest BCUT2D eigenvalue weighted by molar-refractivity contribution is -0.916. The number of ether oxygens (including phenoxy) is 1. The van der Waals surface area contributed by atoms with E-state index in [0.717, 1.165) is 37.2 Å². The second kappa shape index (κ2) is 9.04. The molecule has 1 saturated heterocycles. The quantitative estimate of drug-likeness (QED) is 0.389. The molecule has 0 atom stereocenters. The number of allylic oxidation sites excluding steroid dienone is 2. The van der Waals surface area contributed by atoms with Crippen LogP contribution in [0, 0.1) is 0 Å². The number of fused-ring (bicyclic) bond motifs is 2. The lowest BCUT2D eigenvalue weighted by atomic mass is 9.99. The SMILES string of the molecule is C[N+]1(CCC2=C/C(=C\c3cccc4ccccc34)c3ccccc32)CCOCC1.[I-]. The molecule has 0 amide bonds. The maximum absolute atomic E-state index is 5.57. The fraction of sp³-hybridized carbons (Fsp3) is 0.259. The Hall–Kier alpha value is -1.95. The summed E-state index contributed by atoms with van der Waals surface area (Å²) < 4.78 is 6.69. The van der Waals surface area contributed by atoms with Crippen LogP contribution in [0.5, 0.6) is 0 Å². The van der Waals surface area contributed by atoms with E-state index in [1.165, 1.54) is 45.2 Å². The third-order valence-corrected chi connectivity index (χ3v) is 6.52. The van der Waals surface area contributed by atoms with Gasteiger partial charge in [-0.15, -0.1) is 0 Å². The molecule has 3 aromatic carbocycles. The van der Waals surface area contributed by atoms with Gasteiger partial charge in [0.15, 0.2) is 0 Å². The lowest BCUT2D eigenvalue weighted by Gasteiger charge is -2.37. The van der Waals surface area contributed by atoms with Crippen LogP contribution in [0.4, 0.5) is 0 Å². The first-order valence-electron chi connectivity index (χ1n) is 10.6. The number of benzene rings is 3. The topological polar surface area (TPSA) is 9.23 Å². The Bertz CT molecular complexity index is 1100. The summed E-state index contributed by atoms with van der Waals surface area (Å²) in [5.41, 5.74) is 6.85. The normalized spacial score (nSPS) is 18.7. The van der Waals surface area contributed by atoms with E-state index in [2.05, 4.69) is 85.9 Å². The Balaban J connectivity index is 0.00000218. The molecule has 1 heterocycles. The van der Waals surface area contributed by atoms with Crippen molar-refractivity contribution in [2.75, 3.05) is 39.9 Å². The van der Waals surface area contributed by atoms with Crippen molar-refractivity contribution in [2.24, 2.45) is 0 Å².